The van der Waals surface area contributed by atoms with E-state index in [9.17, 15) is 9.00 Å². The molecule has 15 heavy (non-hydrogen) atoms. The summed E-state index contributed by atoms with van der Waals surface area (Å²) in [5.74, 6) is 3.16. The Kier molecular flexibility index (Phi) is 6.28. The maximum absolute atomic E-state index is 11.6. The molecule has 0 aromatic heterocycles. The van der Waals surface area contributed by atoms with Crippen molar-refractivity contribution >= 4 is 28.5 Å². The van der Waals surface area contributed by atoms with Crippen molar-refractivity contribution in [3.8, 4) is 0 Å². The molecule has 1 amide bonds. The number of amides is 1. The smallest absolute Gasteiger partial charge is 0.238 e. The zero-order valence-electron chi connectivity index (χ0n) is 8.95. The molecule has 1 rings (SSSR count). The molecule has 0 spiro atoms. The van der Waals surface area contributed by atoms with Gasteiger partial charge in [0.2, 0.25) is 5.91 Å². The molecule has 1 saturated heterocycles. The molecule has 6 heteroatoms. The average molecular weight is 250 g/mol. The van der Waals surface area contributed by atoms with Crippen molar-refractivity contribution in [1.82, 2.24) is 10.6 Å². The Bertz CT molecular complexity index is 230. The van der Waals surface area contributed by atoms with Crippen molar-refractivity contribution < 1.29 is 9.00 Å². The van der Waals surface area contributed by atoms with Crippen LogP contribution >= 0.6 is 11.8 Å². The monoisotopic (exact) mass is 250 g/mol. The van der Waals surface area contributed by atoms with Crippen LogP contribution in [-0.4, -0.2) is 52.3 Å². The van der Waals surface area contributed by atoms with Crippen LogP contribution in [-0.2, 0) is 15.6 Å². The zero-order valence-corrected chi connectivity index (χ0v) is 10.6. The van der Waals surface area contributed by atoms with Crippen LogP contribution in [0.25, 0.3) is 0 Å². The van der Waals surface area contributed by atoms with Gasteiger partial charge in [0, 0.05) is 46.9 Å². The van der Waals surface area contributed by atoms with Crippen LogP contribution in [0.5, 0.6) is 0 Å². The number of thioether (sulfide) groups is 1. The third-order valence-electron chi connectivity index (χ3n) is 2.19. The molecule has 0 radical (unpaired) electrons. The van der Waals surface area contributed by atoms with E-state index in [0.717, 1.165) is 18.1 Å². The van der Waals surface area contributed by atoms with Crippen LogP contribution in [0.1, 0.15) is 6.92 Å². The molecule has 2 atom stereocenters. The number of rotatable bonds is 5. The van der Waals surface area contributed by atoms with Crippen molar-refractivity contribution in [1.29, 1.82) is 0 Å². The first kappa shape index (κ1) is 13.0. The summed E-state index contributed by atoms with van der Waals surface area (Å²) in [6, 6.07) is -0.0705. The van der Waals surface area contributed by atoms with Crippen LogP contribution in [0.3, 0.4) is 0 Å². The van der Waals surface area contributed by atoms with E-state index in [4.69, 9.17) is 0 Å². The number of hydrogen-bond donors (Lipinski definition) is 2. The molecule has 0 saturated carbocycles. The van der Waals surface area contributed by atoms with Gasteiger partial charge in [-0.05, 0) is 0 Å². The van der Waals surface area contributed by atoms with Crippen LogP contribution in [0, 0.1) is 0 Å². The second-order valence-electron chi connectivity index (χ2n) is 3.31. The topological polar surface area (TPSA) is 58.2 Å². The lowest BCUT2D eigenvalue weighted by Gasteiger charge is -2.22. The Morgan fingerprint density at radius 2 is 2.47 bits per heavy atom. The molecule has 1 fully saturated rings. The maximum atomic E-state index is 11.6. The summed E-state index contributed by atoms with van der Waals surface area (Å²) < 4.78 is 11.1. The van der Waals surface area contributed by atoms with Crippen molar-refractivity contribution in [2.24, 2.45) is 0 Å². The summed E-state index contributed by atoms with van der Waals surface area (Å²) in [6.45, 7) is 3.29. The zero-order chi connectivity index (χ0) is 11.1. The van der Waals surface area contributed by atoms with E-state index in [1.807, 2.05) is 6.92 Å². The minimum atomic E-state index is -0.789. The second-order valence-corrected chi connectivity index (χ2v) is 6.32. The molecule has 1 aliphatic heterocycles. The van der Waals surface area contributed by atoms with Crippen molar-refractivity contribution in [3.05, 3.63) is 0 Å². The van der Waals surface area contributed by atoms with Crippen LogP contribution < -0.4 is 10.6 Å². The molecular formula is C9H18N2O2S2. The predicted molar refractivity (Wildman–Crippen MR) is 65.7 cm³/mol. The predicted octanol–water partition coefficient (Wildman–Crippen LogP) is -0.424. The second kappa shape index (κ2) is 7.24. The number of carbonyl (C=O) groups is 1. The number of nitrogens with one attached hydrogen (secondary N) is 2. The van der Waals surface area contributed by atoms with E-state index >= 15 is 0 Å². The van der Waals surface area contributed by atoms with Gasteiger partial charge >= 0.3 is 0 Å². The molecule has 4 nitrogen and oxygen atoms in total. The van der Waals surface area contributed by atoms with Gasteiger partial charge in [0.25, 0.3) is 0 Å². The van der Waals surface area contributed by atoms with Gasteiger partial charge in [0.15, 0.2) is 0 Å². The lowest BCUT2D eigenvalue weighted by molar-refractivity contribution is -0.122. The van der Waals surface area contributed by atoms with Crippen LogP contribution in [0.2, 0.25) is 0 Å². The van der Waals surface area contributed by atoms with E-state index in [1.54, 1.807) is 11.8 Å². The normalized spacial score (nSPS) is 23.4. The third kappa shape index (κ3) is 4.99. The Hall–Kier alpha value is -0.0700. The van der Waals surface area contributed by atoms with Gasteiger partial charge < -0.3 is 10.6 Å². The first-order chi connectivity index (χ1) is 7.24. The Labute approximate surface area is 97.4 Å². The molecule has 1 heterocycles. The van der Waals surface area contributed by atoms with Crippen molar-refractivity contribution in [2.45, 2.75) is 13.0 Å². The van der Waals surface area contributed by atoms with Gasteiger partial charge in [0.05, 0.1) is 6.04 Å². The third-order valence-corrected chi connectivity index (χ3v) is 4.55. The fraction of sp³-hybridized carbons (Fsp3) is 0.889. The number of carbonyl (C=O) groups excluding carboxylic acids is 1. The van der Waals surface area contributed by atoms with E-state index in [0.29, 0.717) is 18.1 Å². The highest BCUT2D eigenvalue weighted by Gasteiger charge is 2.20. The summed E-state index contributed by atoms with van der Waals surface area (Å²) >= 11 is 1.79. The maximum Gasteiger partial charge on any atom is 0.238 e. The average Bonchev–Trinajstić information content (AvgIpc) is 2.29. The highest BCUT2D eigenvalue weighted by Crippen LogP contribution is 2.07. The van der Waals surface area contributed by atoms with E-state index in [2.05, 4.69) is 10.6 Å². The fourth-order valence-electron chi connectivity index (χ4n) is 1.29. The van der Waals surface area contributed by atoms with Gasteiger partial charge in [-0.1, -0.05) is 6.92 Å². The van der Waals surface area contributed by atoms with Gasteiger partial charge in [-0.15, -0.1) is 0 Å². The van der Waals surface area contributed by atoms with Gasteiger partial charge in [0.1, 0.15) is 0 Å². The molecule has 0 aromatic rings. The highest BCUT2D eigenvalue weighted by molar-refractivity contribution is 7.99. The molecule has 2 unspecified atom stereocenters. The molecule has 0 aliphatic carbocycles. The van der Waals surface area contributed by atoms with E-state index < -0.39 is 10.8 Å². The minimum Gasteiger partial charge on any atom is -0.354 e. The van der Waals surface area contributed by atoms with Gasteiger partial charge in [-0.25, -0.2) is 0 Å². The van der Waals surface area contributed by atoms with Gasteiger partial charge in [-0.2, -0.15) is 11.8 Å². The molecular weight excluding hydrogens is 232 g/mol. The first-order valence-corrected chi connectivity index (χ1v) is 7.82. The Balaban J connectivity index is 2.14. The standard InChI is InChI=1S/C9H18N2O2S2/c1-2-15(13)6-4-11-9(12)8-7-14-5-3-10-8/h8,10H,2-7H2,1H3,(H,11,12). The molecule has 88 valence electrons. The van der Waals surface area contributed by atoms with Crippen molar-refractivity contribution in [2.75, 3.05) is 36.1 Å². The summed E-state index contributed by atoms with van der Waals surface area (Å²) in [5.41, 5.74) is 0. The molecule has 2 N–H and O–H groups in total. The summed E-state index contributed by atoms with van der Waals surface area (Å²) in [6.07, 6.45) is 0. The molecule has 0 aromatic carbocycles. The SMILES string of the molecule is CCS(=O)CCNC(=O)C1CSCCN1. The summed E-state index contributed by atoms with van der Waals surface area (Å²) in [4.78, 5) is 11.6. The Morgan fingerprint density at radius 1 is 1.67 bits per heavy atom. The summed E-state index contributed by atoms with van der Waals surface area (Å²) in [7, 11) is -0.789. The van der Waals surface area contributed by atoms with E-state index in [1.165, 1.54) is 0 Å². The quantitative estimate of drug-likeness (QED) is 0.695. The molecule has 1 aliphatic rings. The van der Waals surface area contributed by atoms with Gasteiger partial charge in [-0.3, -0.25) is 9.00 Å². The molecule has 0 bridgehead atoms. The largest absolute Gasteiger partial charge is 0.354 e. The van der Waals surface area contributed by atoms with Crippen molar-refractivity contribution in [3.63, 3.8) is 0 Å². The van der Waals surface area contributed by atoms with Crippen LogP contribution in [0.15, 0.2) is 0 Å². The Morgan fingerprint density at radius 3 is 3.07 bits per heavy atom. The van der Waals surface area contributed by atoms with Crippen LogP contribution in [0.4, 0.5) is 0 Å². The minimum absolute atomic E-state index is 0.0373. The summed E-state index contributed by atoms with van der Waals surface area (Å²) in [5, 5.41) is 5.97. The van der Waals surface area contributed by atoms with E-state index in [-0.39, 0.29) is 11.9 Å². The lowest BCUT2D eigenvalue weighted by Crippen LogP contribution is -2.49. The fourth-order valence-corrected chi connectivity index (χ4v) is 2.84. The first-order valence-electron chi connectivity index (χ1n) is 5.18. The number of hydrogen-bond acceptors (Lipinski definition) is 4. The lowest BCUT2D eigenvalue weighted by atomic mass is 10.3. The highest BCUT2D eigenvalue weighted by atomic mass is 32.2.